The molecular weight excluding hydrogens is 304 g/mol. The van der Waals surface area contributed by atoms with E-state index >= 15 is 0 Å². The van der Waals surface area contributed by atoms with Crippen LogP contribution < -0.4 is 0 Å². The van der Waals surface area contributed by atoms with Gasteiger partial charge in [-0.1, -0.05) is 80.1 Å². The average molecular weight is 347 g/mol. The van der Waals surface area contributed by atoms with Crippen molar-refractivity contribution in [1.82, 2.24) is 0 Å². The van der Waals surface area contributed by atoms with Crippen molar-refractivity contribution in [3.05, 3.63) is 0 Å². The molecule has 0 N–H and O–H groups in total. The highest BCUT2D eigenvalue weighted by molar-refractivity contribution is 7.94. The third-order valence-electron chi connectivity index (χ3n) is 6.19. The van der Waals surface area contributed by atoms with E-state index in [9.17, 15) is 8.42 Å². The first-order valence-corrected chi connectivity index (χ1v) is 11.6. The average Bonchev–Trinajstić information content (AvgIpc) is 2.56. The second kappa shape index (κ2) is 10.7. The highest BCUT2D eigenvalue weighted by Gasteiger charge is 2.51. The van der Waals surface area contributed by atoms with E-state index in [1.54, 1.807) is 0 Å². The van der Waals surface area contributed by atoms with E-state index in [-0.39, 0.29) is 0 Å². The van der Waals surface area contributed by atoms with Crippen molar-refractivity contribution >= 4 is 9.84 Å². The number of unbranched alkanes of at least 4 members (excludes halogenated alkanes) is 4. The normalized spacial score (nSPS) is 13.5. The zero-order valence-corrected chi connectivity index (χ0v) is 17.5. The predicted octanol–water partition coefficient (Wildman–Crippen LogP) is 6.68. The summed E-state index contributed by atoms with van der Waals surface area (Å²) in [4.78, 5) is 0. The minimum absolute atomic E-state index is 0.513. The summed E-state index contributed by atoms with van der Waals surface area (Å²) < 4.78 is 26.5. The first-order chi connectivity index (χ1) is 10.9. The van der Waals surface area contributed by atoms with Crippen LogP contribution in [0.15, 0.2) is 0 Å². The van der Waals surface area contributed by atoms with E-state index in [0.29, 0.717) is 0 Å². The summed E-state index contributed by atoms with van der Waals surface area (Å²) in [6, 6.07) is 0. The molecule has 0 heterocycles. The molecule has 0 amide bonds. The van der Waals surface area contributed by atoms with Gasteiger partial charge in [-0.3, -0.25) is 0 Å². The zero-order valence-electron chi connectivity index (χ0n) is 16.7. The molecule has 0 fully saturated rings. The van der Waals surface area contributed by atoms with E-state index in [1.807, 2.05) is 0 Å². The fourth-order valence-corrected chi connectivity index (χ4v) is 7.35. The Morgan fingerprint density at radius 2 is 0.870 bits per heavy atom. The SMILES string of the molecule is CCCCCC(CC)(CC)S(=O)(=O)C(CC)(CC)CCCCC. The van der Waals surface area contributed by atoms with Gasteiger partial charge in [-0.15, -0.1) is 0 Å². The van der Waals surface area contributed by atoms with E-state index in [2.05, 4.69) is 41.5 Å². The number of hydrogen-bond donors (Lipinski definition) is 0. The van der Waals surface area contributed by atoms with Crippen LogP contribution in [0.3, 0.4) is 0 Å². The van der Waals surface area contributed by atoms with Crippen LogP contribution in [-0.4, -0.2) is 17.9 Å². The first-order valence-electron chi connectivity index (χ1n) is 10.1. The molecule has 0 unspecified atom stereocenters. The second-order valence-electron chi connectivity index (χ2n) is 7.20. The van der Waals surface area contributed by atoms with Crippen molar-refractivity contribution in [3.63, 3.8) is 0 Å². The van der Waals surface area contributed by atoms with Crippen LogP contribution in [0.5, 0.6) is 0 Å². The summed E-state index contributed by atoms with van der Waals surface area (Å²) in [6.45, 7) is 12.7. The molecule has 0 radical (unpaired) electrons. The van der Waals surface area contributed by atoms with Crippen LogP contribution in [0.2, 0.25) is 0 Å². The summed E-state index contributed by atoms with van der Waals surface area (Å²) in [5.41, 5.74) is 0. The maximum atomic E-state index is 13.8. The molecular formula is C20H42O2S. The fourth-order valence-electron chi connectivity index (χ4n) is 4.09. The van der Waals surface area contributed by atoms with E-state index in [1.165, 1.54) is 0 Å². The summed E-state index contributed by atoms with van der Waals surface area (Å²) in [7, 11) is -3.15. The zero-order chi connectivity index (χ0) is 18.0. The molecule has 0 atom stereocenters. The van der Waals surface area contributed by atoms with Gasteiger partial charge >= 0.3 is 0 Å². The topological polar surface area (TPSA) is 34.1 Å². The molecule has 0 aliphatic rings. The van der Waals surface area contributed by atoms with Crippen molar-refractivity contribution in [2.24, 2.45) is 0 Å². The van der Waals surface area contributed by atoms with Crippen LogP contribution >= 0.6 is 0 Å². The van der Waals surface area contributed by atoms with Crippen LogP contribution in [-0.2, 0) is 9.84 Å². The molecule has 140 valence electrons. The molecule has 0 aliphatic heterocycles. The number of hydrogen-bond acceptors (Lipinski definition) is 2. The molecule has 0 spiro atoms. The summed E-state index contributed by atoms with van der Waals surface area (Å²) in [5, 5.41) is 0. The van der Waals surface area contributed by atoms with Gasteiger partial charge in [-0.2, -0.15) is 0 Å². The second-order valence-corrected chi connectivity index (χ2v) is 9.94. The maximum absolute atomic E-state index is 13.8. The van der Waals surface area contributed by atoms with E-state index in [0.717, 1.165) is 77.0 Å². The number of rotatable bonds is 14. The van der Waals surface area contributed by atoms with Crippen LogP contribution in [0.25, 0.3) is 0 Å². The van der Waals surface area contributed by atoms with Crippen LogP contribution in [0.4, 0.5) is 0 Å². The Morgan fingerprint density at radius 1 is 0.565 bits per heavy atom. The smallest absolute Gasteiger partial charge is 0.161 e. The Balaban J connectivity index is 5.66. The van der Waals surface area contributed by atoms with Gasteiger partial charge in [0.2, 0.25) is 0 Å². The third-order valence-corrected chi connectivity index (χ3v) is 10.0. The first kappa shape index (κ1) is 22.9. The lowest BCUT2D eigenvalue weighted by atomic mass is 9.93. The highest BCUT2D eigenvalue weighted by Crippen LogP contribution is 2.44. The van der Waals surface area contributed by atoms with Gasteiger partial charge in [0, 0.05) is 0 Å². The van der Waals surface area contributed by atoms with Crippen molar-refractivity contribution in [2.45, 2.75) is 128 Å². The Bertz CT molecular complexity index is 358. The van der Waals surface area contributed by atoms with Gasteiger partial charge in [0.1, 0.15) is 0 Å². The Labute approximate surface area is 146 Å². The Morgan fingerprint density at radius 3 is 1.09 bits per heavy atom. The minimum atomic E-state index is -3.15. The van der Waals surface area contributed by atoms with Gasteiger partial charge in [0.25, 0.3) is 0 Å². The molecule has 0 saturated heterocycles. The van der Waals surface area contributed by atoms with Gasteiger partial charge in [0.15, 0.2) is 9.84 Å². The molecule has 0 aromatic rings. The Hall–Kier alpha value is -0.0500. The molecule has 3 heteroatoms. The summed E-state index contributed by atoms with van der Waals surface area (Å²) >= 11 is 0. The molecule has 0 rings (SSSR count). The van der Waals surface area contributed by atoms with Crippen molar-refractivity contribution in [3.8, 4) is 0 Å². The monoisotopic (exact) mass is 346 g/mol. The maximum Gasteiger partial charge on any atom is 0.161 e. The predicted molar refractivity (Wildman–Crippen MR) is 104 cm³/mol. The highest BCUT2D eigenvalue weighted by atomic mass is 32.2. The lowest BCUT2D eigenvalue weighted by Gasteiger charge is -2.42. The van der Waals surface area contributed by atoms with Crippen LogP contribution in [0, 0.1) is 0 Å². The van der Waals surface area contributed by atoms with E-state index in [4.69, 9.17) is 0 Å². The minimum Gasteiger partial charge on any atom is -0.228 e. The fraction of sp³-hybridized carbons (Fsp3) is 1.00. The summed E-state index contributed by atoms with van der Waals surface area (Å²) in [5.74, 6) is 0. The van der Waals surface area contributed by atoms with Crippen LogP contribution in [0.1, 0.15) is 119 Å². The van der Waals surface area contributed by atoms with Crippen molar-refractivity contribution < 1.29 is 8.42 Å². The third kappa shape index (κ3) is 4.96. The molecule has 0 aliphatic carbocycles. The lowest BCUT2D eigenvalue weighted by Crippen LogP contribution is -2.51. The van der Waals surface area contributed by atoms with Gasteiger partial charge < -0.3 is 0 Å². The van der Waals surface area contributed by atoms with Crippen molar-refractivity contribution in [1.29, 1.82) is 0 Å². The van der Waals surface area contributed by atoms with Crippen molar-refractivity contribution in [2.75, 3.05) is 0 Å². The quantitative estimate of drug-likeness (QED) is 0.329. The Kier molecular flexibility index (Phi) is 10.7. The number of sulfone groups is 1. The largest absolute Gasteiger partial charge is 0.228 e. The standard InChI is InChI=1S/C20H42O2S/c1-7-13-15-17-19(9-3,10-4)23(21,22)20(11-5,12-6)18-16-14-8-2/h7-18H2,1-6H3. The molecule has 0 bridgehead atoms. The molecule has 0 saturated carbocycles. The van der Waals surface area contributed by atoms with Gasteiger partial charge in [0.05, 0.1) is 9.49 Å². The van der Waals surface area contributed by atoms with Gasteiger partial charge in [-0.05, 0) is 38.5 Å². The van der Waals surface area contributed by atoms with E-state index < -0.39 is 19.3 Å². The lowest BCUT2D eigenvalue weighted by molar-refractivity contribution is 0.381. The molecule has 2 nitrogen and oxygen atoms in total. The molecule has 0 aromatic heterocycles. The van der Waals surface area contributed by atoms with Gasteiger partial charge in [-0.25, -0.2) is 8.42 Å². The molecule has 23 heavy (non-hydrogen) atoms. The molecule has 0 aromatic carbocycles. The summed E-state index contributed by atoms with van der Waals surface area (Å²) in [6.07, 6.45) is 11.3.